The molecular weight excluding hydrogens is 432 g/mol. The Labute approximate surface area is 182 Å². The number of hydrogen-bond acceptors (Lipinski definition) is 6. The van der Waals surface area contributed by atoms with Gasteiger partial charge in [0.2, 0.25) is 10.0 Å². The van der Waals surface area contributed by atoms with Gasteiger partial charge in [-0.1, -0.05) is 6.07 Å². The summed E-state index contributed by atoms with van der Waals surface area (Å²) in [6.45, 7) is 1.21. The van der Waals surface area contributed by atoms with Crippen molar-refractivity contribution >= 4 is 32.0 Å². The maximum Gasteiger partial charge on any atom is 0.364 e. The summed E-state index contributed by atoms with van der Waals surface area (Å²) < 4.78 is 37.5. The summed E-state index contributed by atoms with van der Waals surface area (Å²) in [6.07, 6.45) is 2.38. The topological polar surface area (TPSA) is 107 Å². The summed E-state index contributed by atoms with van der Waals surface area (Å²) in [7, 11) is -2.04. The van der Waals surface area contributed by atoms with Crippen LogP contribution in [0, 0.1) is 5.92 Å². The average Bonchev–Trinajstić information content (AvgIpc) is 3.17. The van der Waals surface area contributed by atoms with E-state index >= 15 is 0 Å². The maximum absolute atomic E-state index is 13.6. The number of nitrogens with zero attached hydrogens (tertiary/aromatic N) is 4. The van der Waals surface area contributed by atoms with Gasteiger partial charge in [-0.25, -0.2) is 18.2 Å². The van der Waals surface area contributed by atoms with Gasteiger partial charge < -0.3 is 13.6 Å². The average molecular weight is 452 g/mol. The van der Waals surface area contributed by atoms with E-state index in [1.807, 2.05) is 6.07 Å². The smallest absolute Gasteiger partial charge is 0.364 e. The van der Waals surface area contributed by atoms with Gasteiger partial charge in [0.05, 0.1) is 16.7 Å². The molecule has 0 spiro atoms. The molecule has 1 saturated heterocycles. The van der Waals surface area contributed by atoms with Gasteiger partial charge in [-0.2, -0.15) is 4.31 Å². The first-order valence-corrected chi connectivity index (χ1v) is 11.8. The number of aryl methyl sites for hydroxylation is 1. The van der Waals surface area contributed by atoms with Crippen molar-refractivity contribution in [1.82, 2.24) is 18.4 Å². The Hall–Kier alpha value is -3.24. The molecule has 0 saturated carbocycles. The maximum atomic E-state index is 13.6. The summed E-state index contributed by atoms with van der Waals surface area (Å²) in [6, 6.07) is 9.75. The van der Waals surface area contributed by atoms with Crippen molar-refractivity contribution in [1.29, 1.82) is 0 Å². The Morgan fingerprint density at radius 1 is 1.09 bits per heavy atom. The van der Waals surface area contributed by atoms with Crippen LogP contribution in [0.4, 0.5) is 0 Å². The third-order valence-corrected chi connectivity index (χ3v) is 8.45. The highest BCUT2D eigenvalue weighted by atomic mass is 32.2. The van der Waals surface area contributed by atoms with E-state index in [0.29, 0.717) is 36.1 Å². The molecule has 1 aromatic carbocycles. The van der Waals surface area contributed by atoms with E-state index < -0.39 is 15.6 Å². The number of imidazole rings is 1. The standard InChI is InChI=1S/C22H20N4O5S/c1-24-12-23-20-21(24)16-8-15(5-6-18(16)31-22(20)28)32(29,30)25-9-13-7-14(11-25)17-3-2-4-19(27)26(17)10-13/h2-6,8,12-14H,7,9-11H2,1H3/t13-,14+/m1/s1. The molecule has 0 amide bonds. The molecule has 2 aliphatic rings. The zero-order valence-corrected chi connectivity index (χ0v) is 18.1. The molecule has 10 heteroatoms. The van der Waals surface area contributed by atoms with Crippen LogP contribution in [0.5, 0.6) is 0 Å². The molecule has 0 aliphatic carbocycles. The van der Waals surface area contributed by atoms with Crippen LogP contribution in [-0.2, 0) is 23.6 Å². The van der Waals surface area contributed by atoms with Gasteiger partial charge in [0.15, 0.2) is 5.52 Å². The summed E-state index contributed by atoms with van der Waals surface area (Å²) in [5.41, 5.74) is 1.33. The van der Waals surface area contributed by atoms with Gasteiger partial charge in [0, 0.05) is 49.7 Å². The summed E-state index contributed by atoms with van der Waals surface area (Å²) in [5.74, 6) is 0.0619. The lowest BCUT2D eigenvalue weighted by Crippen LogP contribution is -2.48. The Bertz CT molecular complexity index is 1630. The number of pyridine rings is 1. The number of hydrogen-bond donors (Lipinski definition) is 0. The molecule has 2 aliphatic heterocycles. The Kier molecular flexibility index (Phi) is 4.03. The van der Waals surface area contributed by atoms with Crippen LogP contribution in [0.3, 0.4) is 0 Å². The summed E-state index contributed by atoms with van der Waals surface area (Å²) >= 11 is 0. The number of sulfonamides is 1. The fourth-order valence-corrected chi connectivity index (χ4v) is 6.78. The molecule has 9 nitrogen and oxygen atoms in total. The van der Waals surface area contributed by atoms with Crippen molar-refractivity contribution in [2.45, 2.75) is 23.8 Å². The van der Waals surface area contributed by atoms with Gasteiger partial charge in [-0.05, 0) is 36.6 Å². The fraction of sp³-hybridized carbons (Fsp3) is 0.318. The molecule has 5 heterocycles. The molecule has 0 N–H and O–H groups in total. The van der Waals surface area contributed by atoms with E-state index in [1.54, 1.807) is 34.4 Å². The molecule has 2 bridgehead atoms. The van der Waals surface area contributed by atoms with Gasteiger partial charge in [0.1, 0.15) is 5.58 Å². The normalized spacial score (nSPS) is 21.2. The minimum atomic E-state index is -3.79. The highest BCUT2D eigenvalue weighted by Gasteiger charge is 2.39. The molecule has 1 fully saturated rings. The molecule has 0 radical (unpaired) electrons. The van der Waals surface area contributed by atoms with E-state index in [1.165, 1.54) is 22.8 Å². The van der Waals surface area contributed by atoms with Crippen molar-refractivity contribution in [2.75, 3.05) is 13.1 Å². The van der Waals surface area contributed by atoms with Crippen molar-refractivity contribution in [2.24, 2.45) is 13.0 Å². The number of fused-ring (bicyclic) bond motifs is 7. The first-order valence-electron chi connectivity index (χ1n) is 10.4. The minimum Gasteiger partial charge on any atom is -0.421 e. The molecule has 6 rings (SSSR count). The lowest BCUT2D eigenvalue weighted by molar-refractivity contribution is 0.186. The zero-order valence-electron chi connectivity index (χ0n) is 17.3. The van der Waals surface area contributed by atoms with Crippen molar-refractivity contribution < 1.29 is 12.8 Å². The molecule has 0 unspecified atom stereocenters. The second kappa shape index (κ2) is 6.63. The van der Waals surface area contributed by atoms with Gasteiger partial charge >= 0.3 is 5.63 Å². The largest absolute Gasteiger partial charge is 0.421 e. The number of piperidine rings is 1. The number of aromatic nitrogens is 3. The lowest BCUT2D eigenvalue weighted by Gasteiger charge is -2.42. The summed E-state index contributed by atoms with van der Waals surface area (Å²) in [5, 5.41) is 0.523. The van der Waals surface area contributed by atoms with Crippen LogP contribution in [0.1, 0.15) is 18.0 Å². The first-order chi connectivity index (χ1) is 15.3. The Morgan fingerprint density at radius 3 is 2.78 bits per heavy atom. The number of benzene rings is 1. The van der Waals surface area contributed by atoms with Gasteiger partial charge in [0.25, 0.3) is 5.56 Å². The SMILES string of the molecule is Cn1cnc2c(=O)oc3ccc(S(=O)(=O)N4C[C@H]5C[C@@H](C4)c4cccc(=O)n4C5)cc3c21. The third-order valence-electron chi connectivity index (χ3n) is 6.62. The molecule has 32 heavy (non-hydrogen) atoms. The minimum absolute atomic E-state index is 0.0200. The zero-order chi connectivity index (χ0) is 22.2. The van der Waals surface area contributed by atoms with E-state index in [4.69, 9.17) is 4.42 Å². The van der Waals surface area contributed by atoms with Crippen molar-refractivity contribution in [3.05, 3.63) is 69.2 Å². The van der Waals surface area contributed by atoms with Crippen LogP contribution in [0.25, 0.3) is 22.0 Å². The van der Waals surface area contributed by atoms with Crippen LogP contribution in [-0.4, -0.2) is 39.9 Å². The first kappa shape index (κ1) is 19.4. The highest BCUT2D eigenvalue weighted by molar-refractivity contribution is 7.89. The predicted molar refractivity (Wildman–Crippen MR) is 117 cm³/mol. The van der Waals surface area contributed by atoms with E-state index in [2.05, 4.69) is 4.98 Å². The second-order valence-electron chi connectivity index (χ2n) is 8.62. The quantitative estimate of drug-likeness (QED) is 0.428. The predicted octanol–water partition coefficient (Wildman–Crippen LogP) is 1.65. The molecule has 2 atom stereocenters. The molecular formula is C22H20N4O5S. The third kappa shape index (κ3) is 2.72. The van der Waals surface area contributed by atoms with Crippen LogP contribution in [0.15, 0.2) is 61.6 Å². The van der Waals surface area contributed by atoms with E-state index in [9.17, 15) is 18.0 Å². The van der Waals surface area contributed by atoms with Crippen LogP contribution in [0.2, 0.25) is 0 Å². The van der Waals surface area contributed by atoms with Crippen molar-refractivity contribution in [3.63, 3.8) is 0 Å². The molecule has 3 aromatic heterocycles. The Morgan fingerprint density at radius 2 is 1.94 bits per heavy atom. The lowest BCUT2D eigenvalue weighted by atomic mass is 9.84. The monoisotopic (exact) mass is 452 g/mol. The Balaban J connectivity index is 1.44. The molecule has 4 aromatic rings. The fourth-order valence-electron chi connectivity index (χ4n) is 5.19. The van der Waals surface area contributed by atoms with Crippen molar-refractivity contribution in [3.8, 4) is 0 Å². The summed E-state index contributed by atoms with van der Waals surface area (Å²) in [4.78, 5) is 28.7. The van der Waals surface area contributed by atoms with E-state index in [-0.39, 0.29) is 27.8 Å². The highest BCUT2D eigenvalue weighted by Crippen LogP contribution is 2.37. The van der Waals surface area contributed by atoms with Crippen LogP contribution >= 0.6 is 0 Å². The van der Waals surface area contributed by atoms with E-state index in [0.717, 1.165) is 12.1 Å². The second-order valence-corrected chi connectivity index (χ2v) is 10.6. The van der Waals surface area contributed by atoms with Crippen LogP contribution < -0.4 is 11.2 Å². The van der Waals surface area contributed by atoms with Gasteiger partial charge in [-0.15, -0.1) is 0 Å². The molecule has 164 valence electrons. The van der Waals surface area contributed by atoms with Gasteiger partial charge in [-0.3, -0.25) is 4.79 Å². The number of rotatable bonds is 2.